The second kappa shape index (κ2) is 18.2. The molecule has 0 spiro atoms. The second-order valence-corrected chi connectivity index (χ2v) is 22.6. The first-order valence-corrected chi connectivity index (χ1v) is 25.2. The molecule has 0 bridgehead atoms. The van der Waals surface area contributed by atoms with E-state index in [1.807, 2.05) is 41.5 Å². The summed E-state index contributed by atoms with van der Waals surface area (Å²) in [5, 5.41) is 42.7. The number of hydrogen-bond acceptors (Lipinski definition) is 12. The van der Waals surface area contributed by atoms with Crippen LogP contribution in [0.15, 0.2) is 47.6 Å². The van der Waals surface area contributed by atoms with Crippen LogP contribution in [0.2, 0.25) is 0 Å². The molecule has 0 aromatic heterocycles. The second-order valence-electron chi connectivity index (χ2n) is 22.6. The molecule has 0 aromatic carbocycles. The first-order chi connectivity index (χ1) is 31.8. The van der Waals surface area contributed by atoms with E-state index in [9.17, 15) is 49.2 Å². The number of ether oxygens (including phenoxy) is 2. The first-order valence-electron chi connectivity index (χ1n) is 25.2. The summed E-state index contributed by atoms with van der Waals surface area (Å²) in [6.45, 7) is 13.1. The molecule has 12 nitrogen and oxygen atoms in total. The van der Waals surface area contributed by atoms with Crippen molar-refractivity contribution in [2.75, 3.05) is 13.2 Å². The van der Waals surface area contributed by atoms with Crippen LogP contribution in [0.5, 0.6) is 0 Å². The Hall–Kier alpha value is -3.72. The average Bonchev–Trinajstić information content (AvgIpc) is 3.64. The first kappa shape index (κ1) is 52.1. The van der Waals surface area contributed by atoms with Crippen LogP contribution in [0.3, 0.4) is 0 Å². The molecule has 14 heteroatoms. The number of carbonyl (C=O) groups is 6. The lowest BCUT2D eigenvalue weighted by atomic mass is 9.44. The smallest absolute Gasteiger partial charge is 0.306 e. The summed E-state index contributed by atoms with van der Waals surface area (Å²) in [7, 11) is 0. The molecule has 68 heavy (non-hydrogen) atoms. The van der Waals surface area contributed by atoms with Gasteiger partial charge in [-0.05, 0) is 114 Å². The summed E-state index contributed by atoms with van der Waals surface area (Å²) in [6.07, 6.45) is 11.8. The Balaban J connectivity index is 0.000000201. The van der Waals surface area contributed by atoms with E-state index in [1.54, 1.807) is 26.0 Å². The van der Waals surface area contributed by atoms with Gasteiger partial charge in [0.2, 0.25) is 11.6 Å². The Morgan fingerprint density at radius 2 is 0.985 bits per heavy atom. The third-order valence-electron chi connectivity index (χ3n) is 19.5. The maximum absolute atomic E-state index is 17.3. The van der Waals surface area contributed by atoms with Crippen molar-refractivity contribution in [2.45, 2.75) is 180 Å². The summed E-state index contributed by atoms with van der Waals surface area (Å²) in [4.78, 5) is 76.3. The predicted octanol–water partition coefficient (Wildman–Crippen LogP) is 7.27. The molecule has 6 fully saturated rings. The Bertz CT molecular complexity index is 2070. The van der Waals surface area contributed by atoms with Crippen LogP contribution in [-0.2, 0) is 38.2 Å². The third kappa shape index (κ3) is 7.04. The van der Waals surface area contributed by atoms with Crippen molar-refractivity contribution in [3.8, 4) is 0 Å². The quantitative estimate of drug-likeness (QED) is 0.143. The number of Topliss-reactive ketones (excluding diaryl/α,β-unsaturated/α-hetero) is 2. The Morgan fingerprint density at radius 1 is 0.632 bits per heavy atom. The van der Waals surface area contributed by atoms with Gasteiger partial charge in [-0.2, -0.15) is 0 Å². The minimum Gasteiger partial charge on any atom is -0.450 e. The summed E-state index contributed by atoms with van der Waals surface area (Å²) >= 11 is 0. The van der Waals surface area contributed by atoms with Gasteiger partial charge in [-0.1, -0.05) is 77.7 Å². The van der Waals surface area contributed by atoms with Crippen molar-refractivity contribution >= 4 is 35.1 Å². The molecule has 0 radical (unpaired) electrons. The Morgan fingerprint density at radius 3 is 1.31 bits per heavy atom. The van der Waals surface area contributed by atoms with E-state index in [0.29, 0.717) is 62.5 Å². The number of rotatable bonds is 12. The van der Waals surface area contributed by atoms with Crippen LogP contribution in [0, 0.1) is 57.2 Å². The molecule has 8 aliphatic carbocycles. The van der Waals surface area contributed by atoms with E-state index in [1.165, 1.54) is 24.3 Å². The fraction of sp³-hybridized carbons (Fsp3) is 0.741. The Labute approximate surface area is 399 Å². The molecule has 8 aliphatic rings. The van der Waals surface area contributed by atoms with Crippen molar-refractivity contribution in [1.29, 1.82) is 0 Å². The van der Waals surface area contributed by atoms with Crippen molar-refractivity contribution in [3.05, 3.63) is 47.6 Å². The van der Waals surface area contributed by atoms with Crippen LogP contribution in [0.4, 0.5) is 8.78 Å². The molecule has 0 aromatic rings. The zero-order chi connectivity index (χ0) is 50.2. The van der Waals surface area contributed by atoms with E-state index in [0.717, 1.165) is 12.8 Å². The molecular formula is C54H74F2O12. The third-order valence-corrected chi connectivity index (χ3v) is 19.5. The van der Waals surface area contributed by atoms with Crippen molar-refractivity contribution in [2.24, 2.45) is 57.2 Å². The zero-order valence-corrected chi connectivity index (χ0v) is 41.2. The van der Waals surface area contributed by atoms with Gasteiger partial charge in [0.15, 0.2) is 34.1 Å². The topological polar surface area (TPSA) is 202 Å². The normalized spacial score (nSPS) is 45.1. The molecule has 16 atom stereocenters. The van der Waals surface area contributed by atoms with Gasteiger partial charge >= 0.3 is 11.9 Å². The van der Waals surface area contributed by atoms with Gasteiger partial charge in [0.05, 0.1) is 12.2 Å². The predicted molar refractivity (Wildman–Crippen MR) is 247 cm³/mol. The number of unbranched alkanes of at least 4 members (excludes halogenated alkanes) is 2. The highest BCUT2D eigenvalue weighted by atomic mass is 19.1. The van der Waals surface area contributed by atoms with Gasteiger partial charge in [0, 0.05) is 58.2 Å². The molecule has 0 aliphatic heterocycles. The molecular weight excluding hydrogens is 879 g/mol. The fourth-order valence-electron chi connectivity index (χ4n) is 16.1. The van der Waals surface area contributed by atoms with Crippen molar-refractivity contribution in [3.63, 3.8) is 0 Å². The molecule has 8 rings (SSSR count). The summed E-state index contributed by atoms with van der Waals surface area (Å²) < 4.78 is 46.5. The van der Waals surface area contributed by atoms with E-state index in [2.05, 4.69) is 0 Å². The number of ketones is 4. The number of halogens is 2. The number of hydrogen-bond donors (Lipinski definition) is 4. The van der Waals surface area contributed by atoms with Gasteiger partial charge in [-0.15, -0.1) is 0 Å². The minimum atomic E-state index is -2.03. The number of esters is 2. The highest BCUT2D eigenvalue weighted by Gasteiger charge is 2.79. The summed E-state index contributed by atoms with van der Waals surface area (Å²) in [5.74, 6) is -5.25. The van der Waals surface area contributed by atoms with Crippen LogP contribution >= 0.6 is 0 Å². The number of aliphatic hydroxyl groups is 4. The van der Waals surface area contributed by atoms with Crippen LogP contribution < -0.4 is 0 Å². The highest BCUT2D eigenvalue weighted by molar-refractivity contribution is 6.02. The average molecular weight is 953 g/mol. The number of alkyl halides is 2. The van der Waals surface area contributed by atoms with Crippen molar-refractivity contribution < 1.29 is 67.4 Å². The summed E-state index contributed by atoms with van der Waals surface area (Å²) in [6, 6.07) is 0. The van der Waals surface area contributed by atoms with E-state index < -0.39 is 117 Å². The number of fused-ring (bicyclic) bond motifs is 10. The lowest BCUT2D eigenvalue weighted by molar-refractivity contribution is -0.228. The zero-order valence-electron chi connectivity index (χ0n) is 41.2. The molecule has 0 saturated heterocycles. The number of allylic oxidation sites excluding steroid dienone is 8. The SMILES string of the molecule is CCCCC(=O)O[C@]1(C(=O)CO)[C@@H](C)C[C@H]2[C@@H]3CCC4=CC(=O)C=C[C@]4(C)[C@@]3(F)[C@@H](O)C[C@@]21C.CCCCC(=O)O[C@]1(C(=O)CO)[C@@H](C)C[C@H]2[C@@H]3CCC4=CC(=O)C=C[C@]4(C)[C@@]3(F)[C@@H](O)C[C@@]21C. The molecule has 6 saturated carbocycles. The summed E-state index contributed by atoms with van der Waals surface area (Å²) in [5.41, 5.74) is -10.2. The fourth-order valence-corrected chi connectivity index (χ4v) is 16.1. The molecule has 0 unspecified atom stereocenters. The lowest BCUT2D eigenvalue weighted by Gasteiger charge is -2.62. The molecule has 0 heterocycles. The number of aliphatic hydroxyl groups excluding tert-OH is 4. The van der Waals surface area contributed by atoms with Gasteiger partial charge in [-0.25, -0.2) is 8.78 Å². The molecule has 0 amide bonds. The van der Waals surface area contributed by atoms with E-state index in [4.69, 9.17) is 9.47 Å². The lowest BCUT2D eigenvalue weighted by Crippen LogP contribution is -2.70. The monoisotopic (exact) mass is 953 g/mol. The highest BCUT2D eigenvalue weighted by Crippen LogP contribution is 2.73. The molecule has 4 N–H and O–H groups in total. The van der Waals surface area contributed by atoms with Gasteiger partial charge < -0.3 is 29.9 Å². The minimum absolute atomic E-state index is 0.0769. The van der Waals surface area contributed by atoms with Crippen LogP contribution in [0.25, 0.3) is 0 Å². The van der Waals surface area contributed by atoms with E-state index in [-0.39, 0.29) is 49.1 Å². The number of carbonyl (C=O) groups excluding carboxylic acids is 6. The standard InChI is InChI=1S/2C27H37FO6/c2*1-5-6-7-23(33)34-27(22(32)15-29)16(2)12-20-19-9-8-17-13-18(30)10-11-24(17,3)26(19,28)21(31)14-25(20,27)4/h2*10-11,13,16,19-21,29,31H,5-9,12,14-15H2,1-4H3/t2*16-,19-,20-,21-,24-,25-,26-,27-/m00/s1. The van der Waals surface area contributed by atoms with Gasteiger partial charge in [0.1, 0.15) is 13.2 Å². The maximum atomic E-state index is 17.3. The van der Waals surface area contributed by atoms with Gasteiger partial charge in [-0.3, -0.25) is 28.8 Å². The largest absolute Gasteiger partial charge is 0.450 e. The van der Waals surface area contributed by atoms with Crippen molar-refractivity contribution in [1.82, 2.24) is 0 Å². The van der Waals surface area contributed by atoms with Gasteiger partial charge in [0.25, 0.3) is 0 Å². The molecule has 376 valence electrons. The maximum Gasteiger partial charge on any atom is 0.306 e. The van der Waals surface area contributed by atoms with E-state index >= 15 is 8.78 Å². The van der Waals surface area contributed by atoms with Crippen LogP contribution in [-0.4, -0.2) is 103 Å². The Kier molecular flexibility index (Phi) is 13.9. The van der Waals surface area contributed by atoms with Crippen LogP contribution in [0.1, 0.15) is 145 Å².